The molecule has 0 bridgehead atoms. The lowest BCUT2D eigenvalue weighted by molar-refractivity contribution is 0.648. The van der Waals surface area contributed by atoms with Gasteiger partial charge in [-0.2, -0.15) is 5.26 Å². The molecule has 0 saturated carbocycles. The molecule has 86 valence electrons. The van der Waals surface area contributed by atoms with Gasteiger partial charge in [0.05, 0.1) is 23.9 Å². The second kappa shape index (κ2) is 4.79. The Balaban J connectivity index is 2.11. The van der Waals surface area contributed by atoms with Crippen LogP contribution in [0.15, 0.2) is 30.5 Å². The van der Waals surface area contributed by atoms with Crippen LogP contribution in [-0.2, 0) is 6.54 Å². The van der Waals surface area contributed by atoms with Crippen LogP contribution in [0.2, 0.25) is 0 Å². The Morgan fingerprint density at radius 3 is 2.53 bits per heavy atom. The van der Waals surface area contributed by atoms with Crippen LogP contribution in [0.1, 0.15) is 36.6 Å². The first-order valence-electron chi connectivity index (χ1n) is 5.58. The van der Waals surface area contributed by atoms with Crippen molar-refractivity contribution >= 4 is 0 Å². The van der Waals surface area contributed by atoms with Crippen molar-refractivity contribution in [1.82, 2.24) is 15.0 Å². The van der Waals surface area contributed by atoms with Crippen molar-refractivity contribution in [2.75, 3.05) is 0 Å². The first-order chi connectivity index (χ1) is 8.19. The van der Waals surface area contributed by atoms with E-state index in [1.54, 1.807) is 0 Å². The maximum Gasteiger partial charge on any atom is 0.0991 e. The minimum absolute atomic E-state index is 0.393. The Morgan fingerprint density at radius 2 is 2.00 bits per heavy atom. The highest BCUT2D eigenvalue weighted by atomic mass is 15.4. The van der Waals surface area contributed by atoms with Gasteiger partial charge in [0, 0.05) is 6.20 Å². The van der Waals surface area contributed by atoms with Crippen molar-refractivity contribution in [2.45, 2.75) is 26.3 Å². The molecule has 2 rings (SSSR count). The lowest BCUT2D eigenvalue weighted by Crippen LogP contribution is -2.00. The second-order valence-electron chi connectivity index (χ2n) is 4.30. The van der Waals surface area contributed by atoms with E-state index in [4.69, 9.17) is 5.26 Å². The molecule has 0 radical (unpaired) electrons. The lowest BCUT2D eigenvalue weighted by Gasteiger charge is -2.00. The van der Waals surface area contributed by atoms with Gasteiger partial charge in [0.1, 0.15) is 0 Å². The van der Waals surface area contributed by atoms with Crippen molar-refractivity contribution in [3.05, 3.63) is 47.3 Å². The van der Waals surface area contributed by atoms with Crippen molar-refractivity contribution in [3.8, 4) is 6.07 Å². The van der Waals surface area contributed by atoms with Gasteiger partial charge in [0.2, 0.25) is 0 Å². The number of hydrogen-bond donors (Lipinski definition) is 0. The van der Waals surface area contributed by atoms with E-state index in [-0.39, 0.29) is 0 Å². The number of rotatable bonds is 3. The molecule has 0 saturated heterocycles. The summed E-state index contributed by atoms with van der Waals surface area (Å²) < 4.78 is 1.82. The van der Waals surface area contributed by atoms with Crippen LogP contribution < -0.4 is 0 Å². The quantitative estimate of drug-likeness (QED) is 0.807. The zero-order chi connectivity index (χ0) is 12.3. The summed E-state index contributed by atoms with van der Waals surface area (Å²) in [5.41, 5.74) is 2.79. The monoisotopic (exact) mass is 226 g/mol. The lowest BCUT2D eigenvalue weighted by atomic mass is 10.1. The highest BCUT2D eigenvalue weighted by Gasteiger charge is 2.05. The van der Waals surface area contributed by atoms with Crippen LogP contribution in [0, 0.1) is 11.3 Å². The molecule has 0 fully saturated rings. The SMILES string of the molecule is CC(C)c1cn(Cc2ccc(C#N)cc2)nn1. The summed E-state index contributed by atoms with van der Waals surface area (Å²) in [6.45, 7) is 4.87. The van der Waals surface area contributed by atoms with E-state index < -0.39 is 0 Å². The molecule has 17 heavy (non-hydrogen) atoms. The Hall–Kier alpha value is -2.15. The number of nitrogens with zero attached hydrogens (tertiary/aromatic N) is 4. The van der Waals surface area contributed by atoms with Crippen LogP contribution in [0.25, 0.3) is 0 Å². The number of aromatic nitrogens is 3. The maximum atomic E-state index is 8.71. The van der Waals surface area contributed by atoms with Gasteiger partial charge in [-0.15, -0.1) is 5.10 Å². The molecule has 0 amide bonds. The minimum Gasteiger partial charge on any atom is -0.248 e. The van der Waals surface area contributed by atoms with Crippen LogP contribution in [-0.4, -0.2) is 15.0 Å². The Kier molecular flexibility index (Phi) is 3.20. The standard InChI is InChI=1S/C13H14N4/c1-10(2)13-9-17(16-15-13)8-12-5-3-11(7-14)4-6-12/h3-6,9-10H,8H2,1-2H3. The molecule has 1 aromatic heterocycles. The van der Waals surface area contributed by atoms with Gasteiger partial charge in [-0.3, -0.25) is 0 Å². The summed E-state index contributed by atoms with van der Waals surface area (Å²) in [4.78, 5) is 0. The number of hydrogen-bond acceptors (Lipinski definition) is 3. The molecule has 0 atom stereocenters. The normalized spacial score (nSPS) is 10.5. The van der Waals surface area contributed by atoms with E-state index in [0.29, 0.717) is 18.0 Å². The first kappa shape index (κ1) is 11.3. The van der Waals surface area contributed by atoms with Gasteiger partial charge in [-0.05, 0) is 23.6 Å². The fourth-order valence-corrected chi connectivity index (χ4v) is 1.53. The third kappa shape index (κ3) is 2.70. The molecule has 0 aliphatic rings. The fraction of sp³-hybridized carbons (Fsp3) is 0.308. The van der Waals surface area contributed by atoms with Gasteiger partial charge in [-0.25, -0.2) is 4.68 Å². The average molecular weight is 226 g/mol. The highest BCUT2D eigenvalue weighted by Crippen LogP contribution is 2.10. The zero-order valence-electron chi connectivity index (χ0n) is 9.96. The van der Waals surface area contributed by atoms with E-state index in [1.807, 2.05) is 35.1 Å². The zero-order valence-corrected chi connectivity index (χ0v) is 9.96. The summed E-state index contributed by atoms with van der Waals surface area (Å²) >= 11 is 0. The average Bonchev–Trinajstić information content (AvgIpc) is 2.79. The van der Waals surface area contributed by atoms with Crippen LogP contribution in [0.5, 0.6) is 0 Å². The molecular weight excluding hydrogens is 212 g/mol. The predicted molar refractivity (Wildman–Crippen MR) is 64.4 cm³/mol. The van der Waals surface area contributed by atoms with E-state index in [9.17, 15) is 0 Å². The number of benzene rings is 1. The van der Waals surface area contributed by atoms with Crippen molar-refractivity contribution in [3.63, 3.8) is 0 Å². The first-order valence-corrected chi connectivity index (χ1v) is 5.58. The largest absolute Gasteiger partial charge is 0.248 e. The second-order valence-corrected chi connectivity index (χ2v) is 4.30. The smallest absolute Gasteiger partial charge is 0.0991 e. The predicted octanol–water partition coefficient (Wildman–Crippen LogP) is 2.32. The molecule has 0 unspecified atom stereocenters. The van der Waals surface area contributed by atoms with Gasteiger partial charge in [0.25, 0.3) is 0 Å². The Morgan fingerprint density at radius 1 is 1.29 bits per heavy atom. The van der Waals surface area contributed by atoms with E-state index in [2.05, 4.69) is 30.2 Å². The molecule has 1 heterocycles. The molecule has 2 aromatic rings. The molecule has 4 heteroatoms. The maximum absolute atomic E-state index is 8.71. The minimum atomic E-state index is 0.393. The molecule has 1 aromatic carbocycles. The molecule has 0 aliphatic heterocycles. The van der Waals surface area contributed by atoms with Crippen molar-refractivity contribution in [1.29, 1.82) is 5.26 Å². The third-order valence-electron chi connectivity index (χ3n) is 2.58. The summed E-state index contributed by atoms with van der Waals surface area (Å²) in [6.07, 6.45) is 1.96. The summed E-state index contributed by atoms with van der Waals surface area (Å²) in [5, 5.41) is 16.9. The van der Waals surface area contributed by atoms with Crippen LogP contribution in [0.4, 0.5) is 0 Å². The summed E-state index contributed by atoms with van der Waals surface area (Å²) in [7, 11) is 0. The molecule has 4 nitrogen and oxygen atoms in total. The molecule has 0 N–H and O–H groups in total. The van der Waals surface area contributed by atoms with E-state index >= 15 is 0 Å². The van der Waals surface area contributed by atoms with Gasteiger partial charge in [-0.1, -0.05) is 31.2 Å². The Labute approximate surface area is 101 Å². The van der Waals surface area contributed by atoms with Crippen LogP contribution >= 0.6 is 0 Å². The number of nitriles is 1. The van der Waals surface area contributed by atoms with E-state index in [1.165, 1.54) is 0 Å². The molecule has 0 aliphatic carbocycles. The highest BCUT2D eigenvalue weighted by molar-refractivity contribution is 5.31. The summed E-state index contributed by atoms with van der Waals surface area (Å²) in [6, 6.07) is 9.61. The van der Waals surface area contributed by atoms with Gasteiger partial charge < -0.3 is 0 Å². The third-order valence-corrected chi connectivity index (χ3v) is 2.58. The van der Waals surface area contributed by atoms with Crippen molar-refractivity contribution < 1.29 is 0 Å². The van der Waals surface area contributed by atoms with Crippen molar-refractivity contribution in [2.24, 2.45) is 0 Å². The Bertz CT molecular complexity index is 531. The van der Waals surface area contributed by atoms with Gasteiger partial charge >= 0.3 is 0 Å². The van der Waals surface area contributed by atoms with E-state index in [0.717, 1.165) is 11.3 Å². The fourth-order valence-electron chi connectivity index (χ4n) is 1.53. The van der Waals surface area contributed by atoms with Gasteiger partial charge in [0.15, 0.2) is 0 Å². The summed E-state index contributed by atoms with van der Waals surface area (Å²) in [5.74, 6) is 0.393. The molecular formula is C13H14N4. The molecule has 0 spiro atoms. The topological polar surface area (TPSA) is 54.5 Å². The van der Waals surface area contributed by atoms with Crippen LogP contribution in [0.3, 0.4) is 0 Å².